The van der Waals surface area contributed by atoms with Crippen molar-refractivity contribution in [1.29, 1.82) is 0 Å². The van der Waals surface area contributed by atoms with Crippen LogP contribution in [-0.4, -0.2) is 13.1 Å². The lowest BCUT2D eigenvalue weighted by Crippen LogP contribution is -2.06. The molecule has 0 aliphatic rings. The number of hydrogen-bond donors (Lipinski definition) is 1. The van der Waals surface area contributed by atoms with E-state index in [0.717, 1.165) is 16.8 Å². The maximum Gasteiger partial charge on any atom is 0.340 e. The third-order valence-electron chi connectivity index (χ3n) is 3.11. The average molecular weight is 308 g/mol. The SMILES string of the molecule is COC(=O)c1ccc(CNc2ccc(C)c(Cl)c2)cc1F. The second-order valence-corrected chi connectivity index (χ2v) is 5.03. The molecule has 0 amide bonds. The first-order chi connectivity index (χ1) is 10.0. The van der Waals surface area contributed by atoms with Crippen LogP contribution in [0.5, 0.6) is 0 Å². The molecule has 0 heterocycles. The molecule has 0 saturated heterocycles. The fourth-order valence-electron chi connectivity index (χ4n) is 1.85. The fraction of sp³-hybridized carbons (Fsp3) is 0.188. The normalized spacial score (nSPS) is 10.3. The van der Waals surface area contributed by atoms with Gasteiger partial charge in [0.05, 0.1) is 12.7 Å². The summed E-state index contributed by atoms with van der Waals surface area (Å²) in [5, 5.41) is 3.82. The largest absolute Gasteiger partial charge is 0.465 e. The van der Waals surface area contributed by atoms with E-state index in [1.807, 2.05) is 25.1 Å². The molecule has 110 valence electrons. The topological polar surface area (TPSA) is 38.3 Å². The van der Waals surface area contributed by atoms with E-state index in [-0.39, 0.29) is 5.56 Å². The molecule has 3 nitrogen and oxygen atoms in total. The van der Waals surface area contributed by atoms with Crippen LogP contribution < -0.4 is 5.32 Å². The molecule has 2 aromatic rings. The van der Waals surface area contributed by atoms with Crippen molar-refractivity contribution >= 4 is 23.3 Å². The molecule has 0 aliphatic heterocycles. The molecular weight excluding hydrogens is 293 g/mol. The Labute approximate surface area is 127 Å². The fourth-order valence-corrected chi connectivity index (χ4v) is 2.03. The number of carbonyl (C=O) groups is 1. The average Bonchev–Trinajstić information content (AvgIpc) is 2.48. The molecule has 2 rings (SSSR count). The maximum atomic E-state index is 13.8. The molecule has 0 aliphatic carbocycles. The molecule has 0 spiro atoms. The van der Waals surface area contributed by atoms with Gasteiger partial charge in [0, 0.05) is 17.3 Å². The Morgan fingerprint density at radius 1 is 1.29 bits per heavy atom. The third-order valence-corrected chi connectivity index (χ3v) is 3.51. The van der Waals surface area contributed by atoms with Gasteiger partial charge < -0.3 is 10.1 Å². The second kappa shape index (κ2) is 6.59. The summed E-state index contributed by atoms with van der Waals surface area (Å²) >= 11 is 6.04. The van der Waals surface area contributed by atoms with Crippen molar-refractivity contribution in [3.63, 3.8) is 0 Å². The Hall–Kier alpha value is -2.07. The number of rotatable bonds is 4. The first-order valence-electron chi connectivity index (χ1n) is 6.38. The minimum atomic E-state index is -0.683. The van der Waals surface area contributed by atoms with Crippen LogP contribution in [-0.2, 0) is 11.3 Å². The van der Waals surface area contributed by atoms with Gasteiger partial charge >= 0.3 is 5.97 Å². The quantitative estimate of drug-likeness (QED) is 0.861. The van der Waals surface area contributed by atoms with Gasteiger partial charge in [0.2, 0.25) is 0 Å². The van der Waals surface area contributed by atoms with Crippen LogP contribution in [0, 0.1) is 12.7 Å². The van der Waals surface area contributed by atoms with E-state index in [0.29, 0.717) is 11.6 Å². The maximum absolute atomic E-state index is 13.8. The van der Waals surface area contributed by atoms with Gasteiger partial charge in [-0.25, -0.2) is 9.18 Å². The van der Waals surface area contributed by atoms with Crippen molar-refractivity contribution in [1.82, 2.24) is 0 Å². The van der Waals surface area contributed by atoms with E-state index >= 15 is 0 Å². The van der Waals surface area contributed by atoms with Crippen molar-refractivity contribution in [2.24, 2.45) is 0 Å². The minimum Gasteiger partial charge on any atom is -0.465 e. The van der Waals surface area contributed by atoms with Gasteiger partial charge in [-0.2, -0.15) is 0 Å². The van der Waals surface area contributed by atoms with Crippen LogP contribution in [0.25, 0.3) is 0 Å². The van der Waals surface area contributed by atoms with Crippen molar-refractivity contribution in [2.75, 3.05) is 12.4 Å². The van der Waals surface area contributed by atoms with Crippen LogP contribution in [0.3, 0.4) is 0 Å². The Morgan fingerprint density at radius 3 is 2.67 bits per heavy atom. The highest BCUT2D eigenvalue weighted by Gasteiger charge is 2.12. The summed E-state index contributed by atoms with van der Waals surface area (Å²) in [4.78, 5) is 11.3. The van der Waals surface area contributed by atoms with E-state index in [1.54, 1.807) is 6.07 Å². The molecular formula is C16H15ClFNO2. The Balaban J connectivity index is 2.08. The minimum absolute atomic E-state index is 0.0698. The monoisotopic (exact) mass is 307 g/mol. The lowest BCUT2D eigenvalue weighted by molar-refractivity contribution is 0.0595. The van der Waals surface area contributed by atoms with Gasteiger partial charge in [0.25, 0.3) is 0 Å². The van der Waals surface area contributed by atoms with E-state index in [9.17, 15) is 9.18 Å². The van der Waals surface area contributed by atoms with E-state index < -0.39 is 11.8 Å². The number of nitrogens with one attached hydrogen (secondary N) is 1. The highest BCUT2D eigenvalue weighted by atomic mass is 35.5. The number of ether oxygens (including phenoxy) is 1. The molecule has 0 radical (unpaired) electrons. The molecule has 0 fully saturated rings. The lowest BCUT2D eigenvalue weighted by Gasteiger charge is -2.09. The van der Waals surface area contributed by atoms with Crippen molar-refractivity contribution in [3.8, 4) is 0 Å². The molecule has 5 heteroatoms. The Morgan fingerprint density at radius 2 is 2.05 bits per heavy atom. The van der Waals surface area contributed by atoms with Crippen LogP contribution in [0.1, 0.15) is 21.5 Å². The van der Waals surface area contributed by atoms with Crippen LogP contribution >= 0.6 is 11.6 Å². The van der Waals surface area contributed by atoms with Crippen molar-refractivity contribution < 1.29 is 13.9 Å². The van der Waals surface area contributed by atoms with Gasteiger partial charge in [-0.1, -0.05) is 23.7 Å². The first kappa shape index (κ1) is 15.3. The highest BCUT2D eigenvalue weighted by Crippen LogP contribution is 2.21. The summed E-state index contributed by atoms with van der Waals surface area (Å²) in [6.45, 7) is 2.35. The third kappa shape index (κ3) is 3.73. The number of benzene rings is 2. The van der Waals surface area contributed by atoms with E-state index in [2.05, 4.69) is 10.1 Å². The van der Waals surface area contributed by atoms with Gasteiger partial charge in [0.1, 0.15) is 5.82 Å². The van der Waals surface area contributed by atoms with Crippen LogP contribution in [0.15, 0.2) is 36.4 Å². The molecule has 1 N–H and O–H groups in total. The van der Waals surface area contributed by atoms with E-state index in [1.165, 1.54) is 19.2 Å². The standard InChI is InChI=1S/C16H15ClFNO2/c1-10-3-5-12(8-14(10)17)19-9-11-4-6-13(15(18)7-11)16(20)21-2/h3-8,19H,9H2,1-2H3. The summed E-state index contributed by atoms with van der Waals surface area (Å²) < 4.78 is 18.3. The molecule has 2 aromatic carbocycles. The summed E-state index contributed by atoms with van der Waals surface area (Å²) in [6, 6.07) is 10.0. The van der Waals surface area contributed by atoms with Gasteiger partial charge in [-0.05, 0) is 42.3 Å². The summed E-state index contributed by atoms with van der Waals surface area (Å²) in [7, 11) is 1.22. The number of carbonyl (C=O) groups excluding carboxylic acids is 1. The van der Waals surface area contributed by atoms with Crippen molar-refractivity contribution in [3.05, 3.63) is 63.9 Å². The van der Waals surface area contributed by atoms with Gasteiger partial charge in [-0.3, -0.25) is 0 Å². The predicted molar refractivity (Wildman–Crippen MR) is 81.3 cm³/mol. The summed E-state index contributed by atoms with van der Waals surface area (Å²) in [5.41, 5.74) is 2.50. The van der Waals surface area contributed by atoms with Crippen LogP contribution in [0.2, 0.25) is 5.02 Å². The number of halogens is 2. The molecule has 0 saturated carbocycles. The van der Waals surface area contributed by atoms with Gasteiger partial charge in [-0.15, -0.1) is 0 Å². The summed E-state index contributed by atoms with van der Waals surface area (Å²) in [6.07, 6.45) is 0. The highest BCUT2D eigenvalue weighted by molar-refractivity contribution is 6.31. The first-order valence-corrected chi connectivity index (χ1v) is 6.76. The second-order valence-electron chi connectivity index (χ2n) is 4.62. The lowest BCUT2D eigenvalue weighted by atomic mass is 10.1. The molecule has 21 heavy (non-hydrogen) atoms. The van der Waals surface area contributed by atoms with Crippen molar-refractivity contribution in [2.45, 2.75) is 13.5 Å². The van der Waals surface area contributed by atoms with Gasteiger partial charge in [0.15, 0.2) is 0 Å². The number of anilines is 1. The van der Waals surface area contributed by atoms with E-state index in [4.69, 9.17) is 11.6 Å². The smallest absolute Gasteiger partial charge is 0.340 e. The zero-order valence-electron chi connectivity index (χ0n) is 11.7. The number of aryl methyl sites for hydroxylation is 1. The number of hydrogen-bond acceptors (Lipinski definition) is 3. The molecule has 0 unspecified atom stereocenters. The Kier molecular flexibility index (Phi) is 4.81. The number of methoxy groups -OCH3 is 1. The molecule has 0 aromatic heterocycles. The van der Waals surface area contributed by atoms with Crippen LogP contribution in [0.4, 0.5) is 10.1 Å². The molecule has 0 bridgehead atoms. The zero-order chi connectivity index (χ0) is 15.4. The molecule has 0 atom stereocenters. The Bertz CT molecular complexity index is 673. The predicted octanol–water partition coefficient (Wildman–Crippen LogP) is 4.19. The number of esters is 1. The zero-order valence-corrected chi connectivity index (χ0v) is 12.5. The summed E-state index contributed by atoms with van der Waals surface area (Å²) in [5.74, 6) is -1.28.